The molecule has 170 valence electrons. The molecule has 0 spiro atoms. The number of nitrogens with zero attached hydrogens (tertiary/aromatic N) is 4. The SMILES string of the molecule is CN=C(NCCCc1nn(-c2ccccc2)c(N)c1C#N)NCC1(c2ccccc2)CCC1. The standard InChI is InChI=1S/C26H31N7/c1-29-25(31-19-26(15-9-16-26)20-10-4-2-5-11-20)30-17-8-14-23-22(18-27)24(28)33(32-23)21-12-6-3-7-13-21/h2-7,10-13H,8-9,14-17,19,28H2,1H3,(H2,29,30,31). The summed E-state index contributed by atoms with van der Waals surface area (Å²) in [6.45, 7) is 1.59. The first kappa shape index (κ1) is 22.4. The van der Waals surface area contributed by atoms with Crippen molar-refractivity contribution in [1.29, 1.82) is 5.26 Å². The molecule has 2 aromatic carbocycles. The van der Waals surface area contributed by atoms with Crippen LogP contribution in [0.5, 0.6) is 0 Å². The molecule has 0 radical (unpaired) electrons. The van der Waals surface area contributed by atoms with Crippen LogP contribution >= 0.6 is 0 Å². The van der Waals surface area contributed by atoms with Gasteiger partial charge in [-0.15, -0.1) is 0 Å². The molecule has 1 aliphatic carbocycles. The van der Waals surface area contributed by atoms with Gasteiger partial charge < -0.3 is 16.4 Å². The summed E-state index contributed by atoms with van der Waals surface area (Å²) in [6, 6.07) is 22.6. The summed E-state index contributed by atoms with van der Waals surface area (Å²) in [5.41, 5.74) is 9.82. The molecule has 0 atom stereocenters. The first-order valence-corrected chi connectivity index (χ1v) is 11.5. The summed E-state index contributed by atoms with van der Waals surface area (Å²) in [7, 11) is 1.79. The summed E-state index contributed by atoms with van der Waals surface area (Å²) in [5.74, 6) is 1.18. The second-order valence-electron chi connectivity index (χ2n) is 8.52. The number of aliphatic imine (C=N–C) groups is 1. The number of benzene rings is 2. The molecule has 3 aromatic rings. The molecule has 4 rings (SSSR count). The molecule has 33 heavy (non-hydrogen) atoms. The van der Waals surface area contributed by atoms with Crippen LogP contribution in [-0.4, -0.2) is 35.9 Å². The van der Waals surface area contributed by atoms with Gasteiger partial charge in [-0.1, -0.05) is 55.0 Å². The highest BCUT2D eigenvalue weighted by atomic mass is 15.3. The predicted molar refractivity (Wildman–Crippen MR) is 132 cm³/mol. The molecule has 0 amide bonds. The van der Waals surface area contributed by atoms with Crippen LogP contribution in [0.15, 0.2) is 65.7 Å². The van der Waals surface area contributed by atoms with Gasteiger partial charge in [0.1, 0.15) is 17.5 Å². The van der Waals surface area contributed by atoms with E-state index in [1.54, 1.807) is 11.7 Å². The van der Waals surface area contributed by atoms with Crippen LogP contribution in [0.1, 0.15) is 42.5 Å². The van der Waals surface area contributed by atoms with Crippen molar-refractivity contribution < 1.29 is 0 Å². The summed E-state index contributed by atoms with van der Waals surface area (Å²) >= 11 is 0. The lowest BCUT2D eigenvalue weighted by Gasteiger charge is -2.43. The zero-order valence-corrected chi connectivity index (χ0v) is 19.1. The minimum absolute atomic E-state index is 0.197. The van der Waals surface area contributed by atoms with Crippen LogP contribution in [0.4, 0.5) is 5.82 Å². The number of nitrogens with one attached hydrogen (secondary N) is 2. The second-order valence-corrected chi connectivity index (χ2v) is 8.52. The molecule has 0 bridgehead atoms. The summed E-state index contributed by atoms with van der Waals surface area (Å²) < 4.78 is 1.64. The lowest BCUT2D eigenvalue weighted by atomic mass is 9.64. The third kappa shape index (κ3) is 4.85. The van der Waals surface area contributed by atoms with E-state index >= 15 is 0 Å². The van der Waals surface area contributed by atoms with Crippen molar-refractivity contribution in [2.75, 3.05) is 25.9 Å². The Morgan fingerprint density at radius 1 is 1.12 bits per heavy atom. The predicted octanol–water partition coefficient (Wildman–Crippen LogP) is 3.55. The number of hydrogen-bond donors (Lipinski definition) is 3. The van der Waals surface area contributed by atoms with Gasteiger partial charge in [-0.3, -0.25) is 4.99 Å². The van der Waals surface area contributed by atoms with E-state index in [1.807, 2.05) is 30.3 Å². The Hall–Kier alpha value is -3.79. The maximum atomic E-state index is 9.58. The van der Waals surface area contributed by atoms with Crippen LogP contribution < -0.4 is 16.4 Å². The van der Waals surface area contributed by atoms with Gasteiger partial charge in [-0.25, -0.2) is 4.68 Å². The Balaban J connectivity index is 1.31. The minimum atomic E-state index is 0.197. The first-order valence-electron chi connectivity index (χ1n) is 11.5. The normalized spacial score (nSPS) is 14.8. The van der Waals surface area contributed by atoms with Crippen molar-refractivity contribution in [2.45, 2.75) is 37.5 Å². The quantitative estimate of drug-likeness (QED) is 0.282. The monoisotopic (exact) mass is 441 g/mol. The van der Waals surface area contributed by atoms with Gasteiger partial charge in [0.2, 0.25) is 0 Å². The van der Waals surface area contributed by atoms with E-state index in [9.17, 15) is 5.26 Å². The highest BCUT2D eigenvalue weighted by Crippen LogP contribution is 2.43. The summed E-state index contributed by atoms with van der Waals surface area (Å²) in [4.78, 5) is 4.38. The van der Waals surface area contributed by atoms with Crippen LogP contribution in [0.3, 0.4) is 0 Å². The van der Waals surface area contributed by atoms with Gasteiger partial charge in [0.25, 0.3) is 0 Å². The van der Waals surface area contributed by atoms with Gasteiger partial charge in [0.05, 0.1) is 11.4 Å². The van der Waals surface area contributed by atoms with Crippen LogP contribution in [0.25, 0.3) is 5.69 Å². The number of aromatic nitrogens is 2. The van der Waals surface area contributed by atoms with E-state index < -0.39 is 0 Å². The second kappa shape index (κ2) is 10.2. The maximum absolute atomic E-state index is 9.58. The number of nitriles is 1. The largest absolute Gasteiger partial charge is 0.382 e. The molecule has 7 heteroatoms. The molecule has 1 aromatic heterocycles. The van der Waals surface area contributed by atoms with Crippen LogP contribution in [-0.2, 0) is 11.8 Å². The number of guanidine groups is 1. The lowest BCUT2D eigenvalue weighted by molar-refractivity contribution is 0.244. The average molecular weight is 442 g/mol. The molecule has 1 saturated carbocycles. The van der Waals surface area contributed by atoms with Crippen molar-refractivity contribution in [2.24, 2.45) is 4.99 Å². The summed E-state index contributed by atoms with van der Waals surface area (Å²) in [5, 5.41) is 21.1. The molecular weight excluding hydrogens is 410 g/mol. The summed E-state index contributed by atoms with van der Waals surface area (Å²) in [6.07, 6.45) is 5.13. The Kier molecular flexibility index (Phi) is 6.94. The third-order valence-corrected chi connectivity index (χ3v) is 6.50. The zero-order valence-electron chi connectivity index (χ0n) is 19.1. The van der Waals surface area contributed by atoms with Crippen molar-refractivity contribution in [3.05, 3.63) is 77.5 Å². The average Bonchev–Trinajstić information content (AvgIpc) is 3.16. The van der Waals surface area contributed by atoms with Crippen molar-refractivity contribution >= 4 is 11.8 Å². The molecule has 1 heterocycles. The number of anilines is 1. The van der Waals surface area contributed by atoms with Crippen molar-refractivity contribution in [1.82, 2.24) is 20.4 Å². The zero-order chi connectivity index (χ0) is 23.1. The van der Waals surface area contributed by atoms with E-state index in [0.29, 0.717) is 17.8 Å². The maximum Gasteiger partial charge on any atom is 0.191 e. The molecule has 4 N–H and O–H groups in total. The van der Waals surface area contributed by atoms with E-state index in [2.05, 4.69) is 57.1 Å². The number of nitrogens with two attached hydrogens (primary N) is 1. The third-order valence-electron chi connectivity index (χ3n) is 6.50. The van der Waals surface area contributed by atoms with E-state index in [0.717, 1.165) is 36.9 Å². The van der Waals surface area contributed by atoms with Gasteiger partial charge >= 0.3 is 0 Å². The number of rotatable bonds is 8. The number of nitrogen functional groups attached to an aromatic ring is 1. The smallest absolute Gasteiger partial charge is 0.191 e. The van der Waals surface area contributed by atoms with Crippen LogP contribution in [0.2, 0.25) is 0 Å². The molecule has 1 aliphatic rings. The Bertz CT molecular complexity index is 1120. The lowest BCUT2D eigenvalue weighted by Crippen LogP contribution is -2.49. The number of hydrogen-bond acceptors (Lipinski definition) is 4. The Morgan fingerprint density at radius 2 is 1.82 bits per heavy atom. The topological polar surface area (TPSA) is 104 Å². The molecule has 0 aliphatic heterocycles. The first-order chi connectivity index (χ1) is 16.2. The molecule has 0 saturated heterocycles. The fraction of sp³-hybridized carbons (Fsp3) is 0.346. The van der Waals surface area contributed by atoms with Gasteiger partial charge in [0.15, 0.2) is 5.96 Å². The molecular formula is C26H31N7. The van der Waals surface area contributed by atoms with Crippen molar-refractivity contribution in [3.8, 4) is 11.8 Å². The molecule has 7 nitrogen and oxygen atoms in total. The van der Waals surface area contributed by atoms with Gasteiger partial charge in [-0.05, 0) is 43.4 Å². The Morgan fingerprint density at radius 3 is 2.42 bits per heavy atom. The van der Waals surface area contributed by atoms with Crippen molar-refractivity contribution in [3.63, 3.8) is 0 Å². The van der Waals surface area contributed by atoms with E-state index in [-0.39, 0.29) is 5.41 Å². The van der Waals surface area contributed by atoms with Gasteiger partial charge in [0, 0.05) is 25.6 Å². The van der Waals surface area contributed by atoms with E-state index in [1.165, 1.54) is 24.8 Å². The van der Waals surface area contributed by atoms with E-state index in [4.69, 9.17) is 5.73 Å². The number of para-hydroxylation sites is 1. The minimum Gasteiger partial charge on any atom is -0.382 e. The Labute approximate surface area is 195 Å². The fourth-order valence-corrected chi connectivity index (χ4v) is 4.44. The van der Waals surface area contributed by atoms with Crippen LogP contribution in [0, 0.1) is 11.3 Å². The van der Waals surface area contributed by atoms with Gasteiger partial charge in [-0.2, -0.15) is 10.4 Å². The highest BCUT2D eigenvalue weighted by Gasteiger charge is 2.38. The highest BCUT2D eigenvalue weighted by molar-refractivity contribution is 5.79. The molecule has 0 unspecified atom stereocenters. The number of aryl methyl sites for hydroxylation is 1. The fourth-order valence-electron chi connectivity index (χ4n) is 4.44. The molecule has 1 fully saturated rings.